The molecule has 1 saturated heterocycles. The molecule has 12 nitrogen and oxygen atoms in total. The number of carbonyl (C=O) groups excluding carboxylic acids is 3. The minimum Gasteiger partial charge on any atom is -0.465 e. The molecule has 4 N–H and O–H groups in total. The molecule has 4 aliphatic rings. The van der Waals surface area contributed by atoms with Crippen LogP contribution in [0.2, 0.25) is 0 Å². The molecule has 15 heteroatoms. The average molecular weight is 754 g/mol. The predicted molar refractivity (Wildman–Crippen MR) is 193 cm³/mol. The number of sulfonamides is 1. The molecular weight excluding hydrogens is 709 g/mol. The Hall–Kier alpha value is -4.79. The van der Waals surface area contributed by atoms with E-state index < -0.39 is 86.2 Å². The van der Waals surface area contributed by atoms with Crippen LogP contribution in [0, 0.1) is 23.5 Å². The van der Waals surface area contributed by atoms with E-state index in [9.17, 15) is 41.5 Å². The zero-order chi connectivity index (χ0) is 38.1. The van der Waals surface area contributed by atoms with Gasteiger partial charge in [0.05, 0.1) is 17.8 Å². The van der Waals surface area contributed by atoms with Crippen LogP contribution in [0.3, 0.4) is 0 Å². The van der Waals surface area contributed by atoms with Crippen LogP contribution in [-0.4, -0.2) is 76.6 Å². The van der Waals surface area contributed by atoms with Gasteiger partial charge in [0.25, 0.3) is 5.91 Å². The summed E-state index contributed by atoms with van der Waals surface area (Å²) in [5.41, 5.74) is -0.464. The first-order chi connectivity index (χ1) is 25.3. The Bertz CT molecular complexity index is 1890. The van der Waals surface area contributed by atoms with Crippen LogP contribution in [0.4, 0.5) is 19.3 Å². The molecule has 0 aromatic heterocycles. The Kier molecular flexibility index (Phi) is 10.9. The van der Waals surface area contributed by atoms with Crippen molar-refractivity contribution in [3.8, 4) is 0 Å². The van der Waals surface area contributed by atoms with Crippen LogP contribution < -0.4 is 15.4 Å². The molecule has 2 aromatic rings. The Balaban J connectivity index is 1.32. The van der Waals surface area contributed by atoms with Crippen molar-refractivity contribution in [2.45, 2.75) is 93.2 Å². The van der Waals surface area contributed by atoms with E-state index >= 15 is 0 Å². The maximum absolute atomic E-state index is 15.0. The Morgan fingerprint density at radius 3 is 2.40 bits per heavy atom. The SMILES string of the molecule is C=CCCCCC[C@H](Nc1ccc(F)cc1)C(=O)N1C[C@H](C2c3cccc(F)c3CN2C(=O)O)C[C@H]1C(=O)N[C@]1(C(=O)NS(=O)(=O)C2CC2)C[C@H]1C=C. The first-order valence-corrected chi connectivity index (χ1v) is 19.5. The highest BCUT2D eigenvalue weighted by atomic mass is 32.2. The molecule has 3 fully saturated rings. The summed E-state index contributed by atoms with van der Waals surface area (Å²) in [4.78, 5) is 57.6. The third kappa shape index (κ3) is 7.94. The van der Waals surface area contributed by atoms with Crippen LogP contribution in [0.15, 0.2) is 67.8 Å². The van der Waals surface area contributed by atoms with Gasteiger partial charge >= 0.3 is 6.09 Å². The fraction of sp³-hybridized carbons (Fsp3) is 0.474. The number of allylic oxidation sites excluding steroid dienone is 1. The van der Waals surface area contributed by atoms with Crippen LogP contribution >= 0.6 is 0 Å². The van der Waals surface area contributed by atoms with Crippen molar-refractivity contribution in [2.24, 2.45) is 11.8 Å². The molecule has 1 unspecified atom stereocenters. The van der Waals surface area contributed by atoms with E-state index in [1.165, 1.54) is 47.4 Å². The van der Waals surface area contributed by atoms with Gasteiger partial charge in [-0.25, -0.2) is 22.0 Å². The van der Waals surface area contributed by atoms with Crippen LogP contribution in [0.25, 0.3) is 0 Å². The summed E-state index contributed by atoms with van der Waals surface area (Å²) in [7, 11) is -3.94. The maximum atomic E-state index is 15.0. The van der Waals surface area contributed by atoms with Gasteiger partial charge in [-0.1, -0.05) is 37.1 Å². The van der Waals surface area contributed by atoms with Crippen molar-refractivity contribution >= 4 is 39.5 Å². The highest BCUT2D eigenvalue weighted by Crippen LogP contribution is 2.47. The number of rotatable bonds is 16. The number of benzene rings is 2. The molecule has 2 heterocycles. The predicted octanol–water partition coefficient (Wildman–Crippen LogP) is 5.00. The third-order valence-corrected chi connectivity index (χ3v) is 12.7. The summed E-state index contributed by atoms with van der Waals surface area (Å²) in [5.74, 6) is -4.31. The number of nitrogens with zero attached hydrogens (tertiary/aromatic N) is 2. The number of nitrogens with one attached hydrogen (secondary N) is 3. The lowest BCUT2D eigenvalue weighted by molar-refractivity contribution is -0.140. The van der Waals surface area contributed by atoms with Crippen LogP contribution in [-0.2, 0) is 31.0 Å². The van der Waals surface area contributed by atoms with Crippen molar-refractivity contribution in [3.63, 3.8) is 0 Å². The molecule has 4 amide bonds. The molecule has 2 saturated carbocycles. The van der Waals surface area contributed by atoms with E-state index in [4.69, 9.17) is 0 Å². The maximum Gasteiger partial charge on any atom is 0.408 e. The molecule has 53 heavy (non-hydrogen) atoms. The largest absolute Gasteiger partial charge is 0.465 e. The van der Waals surface area contributed by atoms with Crippen LogP contribution in [0.5, 0.6) is 0 Å². The summed E-state index contributed by atoms with van der Waals surface area (Å²) in [6.45, 7) is 7.23. The Morgan fingerprint density at radius 2 is 1.75 bits per heavy atom. The standard InChI is InChI=1S/C38H45F2N5O7S/c1-3-5-6-7-8-12-31(41-26-15-13-25(39)14-16-26)35(47)44-21-23(33-28-10-9-11-30(40)29(28)22-45(33)37(49)50)19-32(44)34(46)42-38(20-24(38)4-2)36(48)43-53(51,52)27-17-18-27/h3-4,9-11,13-16,23-24,27,31-33,41H,1-2,5-8,12,17-22H2,(H,42,46)(H,43,48)(H,49,50)/t23-,24-,31+,32+,33?,38-/m1/s1. The van der Waals surface area contributed by atoms with Gasteiger partial charge in [-0.05, 0) is 80.8 Å². The molecule has 2 aliphatic heterocycles. The number of likely N-dealkylation sites (tertiary alicyclic amines) is 1. The minimum atomic E-state index is -3.94. The van der Waals surface area contributed by atoms with Gasteiger partial charge < -0.3 is 20.6 Å². The first-order valence-electron chi connectivity index (χ1n) is 18.0. The monoisotopic (exact) mass is 753 g/mol. The van der Waals surface area contributed by atoms with E-state index in [2.05, 4.69) is 28.5 Å². The summed E-state index contributed by atoms with van der Waals surface area (Å²) >= 11 is 0. The van der Waals surface area contributed by atoms with E-state index in [-0.39, 0.29) is 31.5 Å². The Morgan fingerprint density at radius 1 is 1.02 bits per heavy atom. The van der Waals surface area contributed by atoms with Gasteiger partial charge in [-0.2, -0.15) is 0 Å². The second-order valence-corrected chi connectivity index (χ2v) is 16.4. The summed E-state index contributed by atoms with van der Waals surface area (Å²) < 4.78 is 56.3. The van der Waals surface area contributed by atoms with E-state index in [0.717, 1.165) is 24.2 Å². The zero-order valence-corrected chi connectivity index (χ0v) is 30.1. The molecule has 2 aromatic carbocycles. The van der Waals surface area contributed by atoms with Crippen molar-refractivity contribution in [1.82, 2.24) is 19.8 Å². The summed E-state index contributed by atoms with van der Waals surface area (Å²) in [6, 6.07) is 6.95. The fourth-order valence-corrected chi connectivity index (χ4v) is 9.14. The second-order valence-electron chi connectivity index (χ2n) is 14.5. The van der Waals surface area contributed by atoms with Crippen molar-refractivity contribution in [1.29, 1.82) is 0 Å². The molecule has 6 rings (SSSR count). The molecule has 0 bridgehead atoms. The van der Waals surface area contributed by atoms with Gasteiger partial charge in [-0.3, -0.25) is 24.0 Å². The Labute approximate surface area is 307 Å². The minimum absolute atomic E-state index is 0.0264. The highest BCUT2D eigenvalue weighted by molar-refractivity contribution is 7.91. The van der Waals surface area contributed by atoms with Crippen molar-refractivity contribution in [2.75, 3.05) is 11.9 Å². The smallest absolute Gasteiger partial charge is 0.408 e. The van der Waals surface area contributed by atoms with Gasteiger partial charge in [0.15, 0.2) is 0 Å². The molecular formula is C38H45F2N5O7S. The molecule has 0 radical (unpaired) electrons. The number of halogens is 2. The number of carboxylic acid groups (broad SMARTS) is 1. The first kappa shape index (κ1) is 38.0. The fourth-order valence-electron chi connectivity index (χ4n) is 7.78. The quantitative estimate of drug-likeness (QED) is 0.137. The molecule has 6 atom stereocenters. The lowest BCUT2D eigenvalue weighted by atomic mass is 9.90. The van der Waals surface area contributed by atoms with E-state index in [1.807, 2.05) is 6.08 Å². The third-order valence-electron chi connectivity index (χ3n) is 10.9. The lowest BCUT2D eigenvalue weighted by Crippen LogP contribution is -2.57. The van der Waals surface area contributed by atoms with E-state index in [0.29, 0.717) is 36.9 Å². The number of unbranched alkanes of at least 4 members (excludes halogenated alkanes) is 3. The number of carbonyl (C=O) groups is 4. The van der Waals surface area contributed by atoms with Gasteiger partial charge in [-0.15, -0.1) is 13.2 Å². The molecule has 2 aliphatic carbocycles. The van der Waals surface area contributed by atoms with Crippen molar-refractivity contribution < 1.29 is 41.5 Å². The normalized spacial score (nSPS) is 25.2. The lowest BCUT2D eigenvalue weighted by Gasteiger charge is -2.31. The number of hydrogen-bond acceptors (Lipinski definition) is 7. The molecule has 0 spiro atoms. The summed E-state index contributed by atoms with van der Waals surface area (Å²) in [5, 5.41) is 15.5. The number of hydrogen-bond donors (Lipinski definition) is 4. The number of amides is 4. The number of fused-ring (bicyclic) bond motifs is 1. The van der Waals surface area contributed by atoms with Crippen molar-refractivity contribution in [3.05, 3.63) is 90.5 Å². The van der Waals surface area contributed by atoms with Gasteiger partial charge in [0, 0.05) is 29.6 Å². The van der Waals surface area contributed by atoms with E-state index in [1.54, 1.807) is 6.07 Å². The van der Waals surface area contributed by atoms with Gasteiger partial charge in [0.2, 0.25) is 21.8 Å². The van der Waals surface area contributed by atoms with Crippen LogP contribution in [0.1, 0.15) is 75.0 Å². The zero-order valence-electron chi connectivity index (χ0n) is 29.3. The highest BCUT2D eigenvalue weighted by Gasteiger charge is 2.62. The molecule has 284 valence electrons. The second kappa shape index (κ2) is 15.3. The number of anilines is 1. The average Bonchev–Trinajstić information content (AvgIpc) is 4.02. The summed E-state index contributed by atoms with van der Waals surface area (Å²) in [6.07, 6.45) is 6.34. The topological polar surface area (TPSA) is 165 Å². The van der Waals surface area contributed by atoms with Gasteiger partial charge in [0.1, 0.15) is 29.3 Å².